The zero-order chi connectivity index (χ0) is 24.9. The first-order chi connectivity index (χ1) is 15.4. The molecular weight excluding hydrogens is 426 g/mol. The molecule has 6 unspecified atom stereocenters. The normalized spacial score (nSPS) is 38.7. The molecule has 1 amide bonds. The molecule has 6 atom stereocenters. The third kappa shape index (κ3) is 6.36. The van der Waals surface area contributed by atoms with E-state index >= 15 is 0 Å². The van der Waals surface area contributed by atoms with Crippen molar-refractivity contribution in [2.24, 2.45) is 11.3 Å². The van der Waals surface area contributed by atoms with Gasteiger partial charge in [-0.1, -0.05) is 54.5 Å². The molecule has 33 heavy (non-hydrogen) atoms. The van der Waals surface area contributed by atoms with Gasteiger partial charge < -0.3 is 20.3 Å². The molecular formula is C25H33NO7. The maximum absolute atomic E-state index is 13.4. The van der Waals surface area contributed by atoms with Gasteiger partial charge in [-0.25, -0.2) is 0 Å². The molecule has 0 aromatic heterocycles. The Kier molecular flexibility index (Phi) is 8.69. The van der Waals surface area contributed by atoms with E-state index in [0.29, 0.717) is 12.0 Å². The Bertz CT molecular complexity index is 929. The minimum absolute atomic E-state index is 0.0298. The van der Waals surface area contributed by atoms with Crippen LogP contribution >= 0.6 is 0 Å². The lowest BCUT2D eigenvalue weighted by Crippen LogP contribution is -2.61. The quantitative estimate of drug-likeness (QED) is 0.326. The predicted octanol–water partition coefficient (Wildman–Crippen LogP) is 1.72. The standard InChI is InChI=1S/C25H33NO7/c1-14-6-9-18(28)10-8-15(2)12-21(26-23(31)17(4)27)25(5)22(30)16(3)20(33-24(25)32)13-19(29)11-7-14/h6-8,10-12,16,18-21,28-29H,9,13H2,1-5H3,(H,26,31)/b10-8-,11-7-,14-6-,15-12-. The summed E-state index contributed by atoms with van der Waals surface area (Å²) in [4.78, 5) is 50.3. The van der Waals surface area contributed by atoms with E-state index in [1.54, 1.807) is 38.2 Å². The highest BCUT2D eigenvalue weighted by Gasteiger charge is 2.56. The average molecular weight is 460 g/mol. The lowest BCUT2D eigenvalue weighted by molar-refractivity contribution is -0.181. The second kappa shape index (κ2) is 10.9. The number of hydrogen-bond donors (Lipinski definition) is 3. The van der Waals surface area contributed by atoms with Crippen molar-refractivity contribution in [3.63, 3.8) is 0 Å². The highest BCUT2D eigenvalue weighted by molar-refractivity contribution is 6.35. The van der Waals surface area contributed by atoms with Crippen LogP contribution in [0.15, 0.2) is 47.6 Å². The molecule has 180 valence electrons. The number of nitrogens with one attached hydrogen (secondary N) is 1. The topological polar surface area (TPSA) is 130 Å². The molecule has 0 aromatic rings. The maximum atomic E-state index is 13.4. The van der Waals surface area contributed by atoms with Gasteiger partial charge >= 0.3 is 5.97 Å². The van der Waals surface area contributed by atoms with Crippen molar-refractivity contribution in [3.8, 4) is 0 Å². The summed E-state index contributed by atoms with van der Waals surface area (Å²) in [6.07, 6.45) is 7.54. The van der Waals surface area contributed by atoms with Crippen molar-refractivity contribution in [3.05, 3.63) is 47.6 Å². The van der Waals surface area contributed by atoms with Crippen LogP contribution in [0.25, 0.3) is 0 Å². The largest absolute Gasteiger partial charge is 0.461 e. The third-order valence-electron chi connectivity index (χ3n) is 6.14. The fraction of sp³-hybridized carbons (Fsp3) is 0.520. The van der Waals surface area contributed by atoms with Gasteiger partial charge in [0.25, 0.3) is 5.91 Å². The number of hydrogen-bond acceptors (Lipinski definition) is 7. The Labute approximate surface area is 194 Å². The summed E-state index contributed by atoms with van der Waals surface area (Å²) in [6.45, 7) is 7.62. The average Bonchev–Trinajstić information content (AvgIpc) is 2.75. The highest BCUT2D eigenvalue weighted by atomic mass is 16.5. The number of ketones is 2. The van der Waals surface area contributed by atoms with Gasteiger partial charge in [0.15, 0.2) is 5.78 Å². The number of aliphatic hydroxyl groups is 2. The van der Waals surface area contributed by atoms with Crippen LogP contribution < -0.4 is 5.32 Å². The van der Waals surface area contributed by atoms with Crippen LogP contribution in [-0.2, 0) is 23.9 Å². The van der Waals surface area contributed by atoms with E-state index in [9.17, 15) is 29.4 Å². The fourth-order valence-electron chi connectivity index (χ4n) is 3.85. The number of Topliss-reactive ketones (excluding diaryl/α,β-unsaturated/α-hetero) is 2. The van der Waals surface area contributed by atoms with Gasteiger partial charge in [-0.2, -0.15) is 0 Å². The second-order valence-electron chi connectivity index (χ2n) is 8.99. The molecule has 1 saturated heterocycles. The molecule has 1 aliphatic carbocycles. The predicted molar refractivity (Wildman–Crippen MR) is 122 cm³/mol. The number of rotatable bonds is 2. The SMILES string of the molecule is CC(=O)C(=O)NC1/C=C(C)\C=C/C(O)C/C=C(C)\C=C/C(O)CC2OC(=O)C1(C)C(=O)C2C. The van der Waals surface area contributed by atoms with Gasteiger partial charge in [0.1, 0.15) is 11.5 Å². The summed E-state index contributed by atoms with van der Waals surface area (Å²) < 4.78 is 5.59. The molecule has 8 nitrogen and oxygen atoms in total. The van der Waals surface area contributed by atoms with Crippen LogP contribution in [0.4, 0.5) is 0 Å². The van der Waals surface area contributed by atoms with Gasteiger partial charge in [0, 0.05) is 13.3 Å². The van der Waals surface area contributed by atoms with Crippen molar-refractivity contribution < 1.29 is 34.1 Å². The lowest BCUT2D eigenvalue weighted by Gasteiger charge is -2.42. The number of allylic oxidation sites excluding steroid dienone is 4. The summed E-state index contributed by atoms with van der Waals surface area (Å²) in [5, 5.41) is 23.1. The zero-order valence-electron chi connectivity index (χ0n) is 19.7. The Morgan fingerprint density at radius 1 is 1.09 bits per heavy atom. The van der Waals surface area contributed by atoms with Crippen molar-refractivity contribution >= 4 is 23.4 Å². The summed E-state index contributed by atoms with van der Waals surface area (Å²) in [5.74, 6) is -3.74. The van der Waals surface area contributed by atoms with Gasteiger partial charge in [-0.05, 0) is 27.2 Å². The minimum atomic E-state index is -1.78. The van der Waals surface area contributed by atoms with Gasteiger partial charge in [-0.3, -0.25) is 19.2 Å². The van der Waals surface area contributed by atoms with Crippen LogP contribution in [0.2, 0.25) is 0 Å². The fourth-order valence-corrected chi connectivity index (χ4v) is 3.85. The zero-order valence-corrected chi connectivity index (χ0v) is 19.7. The van der Waals surface area contributed by atoms with E-state index in [2.05, 4.69) is 5.32 Å². The van der Waals surface area contributed by atoms with E-state index in [1.807, 2.05) is 13.0 Å². The smallest absolute Gasteiger partial charge is 0.322 e. The monoisotopic (exact) mass is 459 g/mol. The molecule has 0 spiro atoms. The highest BCUT2D eigenvalue weighted by Crippen LogP contribution is 2.38. The Morgan fingerprint density at radius 2 is 1.70 bits per heavy atom. The van der Waals surface area contributed by atoms with Crippen LogP contribution in [0, 0.1) is 11.3 Å². The third-order valence-corrected chi connectivity index (χ3v) is 6.14. The molecule has 2 heterocycles. The Morgan fingerprint density at radius 3 is 2.33 bits per heavy atom. The molecule has 3 N–H and O–H groups in total. The van der Waals surface area contributed by atoms with Crippen molar-refractivity contribution in [1.82, 2.24) is 5.32 Å². The van der Waals surface area contributed by atoms with Crippen molar-refractivity contribution in [2.45, 2.75) is 71.8 Å². The first kappa shape index (κ1) is 26.4. The van der Waals surface area contributed by atoms with Crippen LogP contribution in [0.3, 0.4) is 0 Å². The van der Waals surface area contributed by atoms with Gasteiger partial charge in [0.2, 0.25) is 5.78 Å². The van der Waals surface area contributed by atoms with E-state index in [1.165, 1.54) is 13.0 Å². The summed E-state index contributed by atoms with van der Waals surface area (Å²) in [7, 11) is 0. The van der Waals surface area contributed by atoms with E-state index in [0.717, 1.165) is 12.5 Å². The van der Waals surface area contributed by atoms with Crippen LogP contribution in [-0.4, -0.2) is 58.0 Å². The number of amides is 1. The Balaban J connectivity index is 2.57. The number of esters is 1. The van der Waals surface area contributed by atoms with E-state index in [-0.39, 0.29) is 6.42 Å². The number of ether oxygens (including phenoxy) is 1. The molecule has 3 aliphatic rings. The summed E-state index contributed by atoms with van der Waals surface area (Å²) in [6, 6.07) is -1.15. The van der Waals surface area contributed by atoms with Gasteiger partial charge in [0.05, 0.1) is 24.2 Å². The molecule has 0 saturated carbocycles. The van der Waals surface area contributed by atoms with E-state index in [4.69, 9.17) is 4.74 Å². The minimum Gasteiger partial charge on any atom is -0.461 e. The number of carbonyl (C=O) groups is 4. The molecule has 0 radical (unpaired) electrons. The number of aliphatic hydroxyl groups excluding tert-OH is 2. The molecule has 2 bridgehead atoms. The first-order valence-corrected chi connectivity index (χ1v) is 11.0. The lowest BCUT2D eigenvalue weighted by atomic mass is 9.69. The summed E-state index contributed by atoms with van der Waals surface area (Å²) in [5.41, 5.74) is -0.371. The van der Waals surface area contributed by atoms with Crippen LogP contribution in [0.5, 0.6) is 0 Å². The Hall–Kier alpha value is -2.84. The van der Waals surface area contributed by atoms with Crippen molar-refractivity contribution in [2.75, 3.05) is 0 Å². The molecule has 3 rings (SSSR count). The second-order valence-corrected chi connectivity index (χ2v) is 8.99. The molecule has 2 aliphatic heterocycles. The van der Waals surface area contributed by atoms with Gasteiger partial charge in [-0.15, -0.1) is 0 Å². The summed E-state index contributed by atoms with van der Waals surface area (Å²) >= 11 is 0. The molecule has 8 heteroatoms. The molecule has 1 fully saturated rings. The first-order valence-electron chi connectivity index (χ1n) is 11.0. The molecule has 0 aromatic carbocycles. The van der Waals surface area contributed by atoms with Crippen molar-refractivity contribution in [1.29, 1.82) is 0 Å². The van der Waals surface area contributed by atoms with E-state index < -0.39 is 59.1 Å². The number of carbonyl (C=O) groups excluding carboxylic acids is 4. The maximum Gasteiger partial charge on any atom is 0.322 e. The number of fused-ring (bicyclic) bond motifs is 10. The van der Waals surface area contributed by atoms with Crippen LogP contribution in [0.1, 0.15) is 47.5 Å².